The van der Waals surface area contributed by atoms with Gasteiger partial charge in [-0.15, -0.1) is 0 Å². The highest BCUT2D eigenvalue weighted by atomic mass is 32.1. The van der Waals surface area contributed by atoms with Crippen molar-refractivity contribution in [2.24, 2.45) is 4.99 Å². The zero-order valence-electron chi connectivity index (χ0n) is 24.0. The molecule has 11 heteroatoms. The number of methoxy groups -OCH3 is 2. The van der Waals surface area contributed by atoms with E-state index in [2.05, 4.69) is 4.99 Å². The first kappa shape index (κ1) is 29.6. The van der Waals surface area contributed by atoms with E-state index in [0.29, 0.717) is 31.9 Å². The second-order valence-corrected chi connectivity index (χ2v) is 10.4. The molecule has 0 fully saturated rings. The van der Waals surface area contributed by atoms with Crippen LogP contribution in [-0.4, -0.2) is 43.4 Å². The lowest BCUT2D eigenvalue weighted by Gasteiger charge is -2.26. The van der Waals surface area contributed by atoms with Gasteiger partial charge in [0.25, 0.3) is 5.56 Å². The molecule has 0 amide bonds. The van der Waals surface area contributed by atoms with E-state index in [-0.39, 0.29) is 41.1 Å². The first-order chi connectivity index (χ1) is 19.6. The minimum Gasteiger partial charge on any atom is -0.493 e. The number of rotatable bonds is 9. The van der Waals surface area contributed by atoms with Crippen LogP contribution in [0.25, 0.3) is 6.08 Å². The number of fused-ring (bicyclic) bond motifs is 1. The van der Waals surface area contributed by atoms with Crippen molar-refractivity contribution in [3.05, 3.63) is 78.5 Å². The average Bonchev–Trinajstić information content (AvgIpc) is 3.22. The lowest BCUT2D eigenvalue weighted by atomic mass is 9.95. The lowest BCUT2D eigenvalue weighted by Crippen LogP contribution is -2.40. The SMILES string of the molecule is CCOC(=O)C1=C(C)N=c2s/c(=C\c3cc(OC)c(OC(C)=O)c(OC)c3)c(=O)n2[C@H]1c1ccccc1OC(C)C. The van der Waals surface area contributed by atoms with Crippen molar-refractivity contribution >= 4 is 29.4 Å². The van der Waals surface area contributed by atoms with Gasteiger partial charge < -0.3 is 23.7 Å². The molecule has 0 radical (unpaired) electrons. The molecule has 0 unspecified atom stereocenters. The van der Waals surface area contributed by atoms with Crippen molar-refractivity contribution in [1.82, 2.24) is 4.57 Å². The van der Waals surface area contributed by atoms with Gasteiger partial charge >= 0.3 is 11.9 Å². The van der Waals surface area contributed by atoms with Gasteiger partial charge in [0, 0.05) is 12.5 Å². The number of carbonyl (C=O) groups excluding carboxylic acids is 2. The zero-order valence-corrected chi connectivity index (χ0v) is 24.8. The smallest absolute Gasteiger partial charge is 0.338 e. The second-order valence-electron chi connectivity index (χ2n) is 9.35. The van der Waals surface area contributed by atoms with Crippen LogP contribution in [0.2, 0.25) is 0 Å². The Balaban J connectivity index is 1.96. The van der Waals surface area contributed by atoms with E-state index >= 15 is 0 Å². The van der Waals surface area contributed by atoms with Crippen LogP contribution in [0.5, 0.6) is 23.0 Å². The number of allylic oxidation sites excluding steroid dienone is 1. The highest BCUT2D eigenvalue weighted by Crippen LogP contribution is 2.39. The molecule has 3 aromatic rings. The Labute approximate surface area is 241 Å². The summed E-state index contributed by atoms with van der Waals surface area (Å²) in [7, 11) is 2.88. The lowest BCUT2D eigenvalue weighted by molar-refractivity contribution is -0.139. The van der Waals surface area contributed by atoms with Crippen molar-refractivity contribution in [2.45, 2.75) is 46.8 Å². The van der Waals surface area contributed by atoms with E-state index in [0.717, 1.165) is 0 Å². The standard InChI is InChI=1S/C30H32N2O8S/c1-8-38-29(35)25-17(4)31-30-32(26(25)20-11-9-10-12-21(20)39-16(2)3)28(34)24(41-30)15-19-13-22(36-6)27(40-18(5)33)23(14-19)37-7/h9-16,26H,8H2,1-7H3/b24-15-/t26-/m0/s1. The number of benzene rings is 2. The molecule has 1 atom stereocenters. The molecular weight excluding hydrogens is 548 g/mol. The number of thiazole rings is 1. The van der Waals surface area contributed by atoms with Crippen LogP contribution in [0.3, 0.4) is 0 Å². The summed E-state index contributed by atoms with van der Waals surface area (Å²) < 4.78 is 29.5. The van der Waals surface area contributed by atoms with Gasteiger partial charge in [0.15, 0.2) is 16.3 Å². The van der Waals surface area contributed by atoms with Crippen LogP contribution in [0.1, 0.15) is 51.8 Å². The fraction of sp³-hybridized carbons (Fsp3) is 0.333. The Bertz CT molecular complexity index is 1670. The number of nitrogens with zero attached hydrogens (tertiary/aromatic N) is 2. The van der Waals surface area contributed by atoms with E-state index in [9.17, 15) is 14.4 Å². The number of aromatic nitrogens is 1. The van der Waals surface area contributed by atoms with Crippen molar-refractivity contribution < 1.29 is 33.3 Å². The van der Waals surface area contributed by atoms with E-state index in [1.54, 1.807) is 32.1 Å². The highest BCUT2D eigenvalue weighted by molar-refractivity contribution is 7.07. The number of carbonyl (C=O) groups is 2. The van der Waals surface area contributed by atoms with Gasteiger partial charge in [-0.25, -0.2) is 9.79 Å². The fourth-order valence-electron chi connectivity index (χ4n) is 4.53. The zero-order chi connectivity index (χ0) is 29.8. The summed E-state index contributed by atoms with van der Waals surface area (Å²) in [4.78, 5) is 43.9. The summed E-state index contributed by atoms with van der Waals surface area (Å²) in [6.45, 7) is 8.72. The molecule has 2 heterocycles. The Morgan fingerprint density at radius 3 is 2.34 bits per heavy atom. The molecule has 2 aromatic carbocycles. The quantitative estimate of drug-likeness (QED) is 0.279. The maximum atomic E-state index is 14.0. The summed E-state index contributed by atoms with van der Waals surface area (Å²) in [5, 5.41) is 0. The van der Waals surface area contributed by atoms with Crippen LogP contribution < -0.4 is 33.8 Å². The summed E-state index contributed by atoms with van der Waals surface area (Å²) >= 11 is 1.18. The minimum absolute atomic E-state index is 0.136. The minimum atomic E-state index is -0.821. The molecule has 0 saturated heterocycles. The number of ether oxygens (including phenoxy) is 5. The predicted molar refractivity (Wildman–Crippen MR) is 153 cm³/mol. The summed E-state index contributed by atoms with van der Waals surface area (Å²) in [6.07, 6.45) is 1.53. The third-order valence-corrected chi connectivity index (χ3v) is 7.10. The molecule has 10 nitrogen and oxygen atoms in total. The first-order valence-electron chi connectivity index (χ1n) is 13.0. The number of hydrogen-bond donors (Lipinski definition) is 0. The Kier molecular flexibility index (Phi) is 8.97. The van der Waals surface area contributed by atoms with E-state index in [1.807, 2.05) is 38.1 Å². The van der Waals surface area contributed by atoms with Crippen molar-refractivity contribution in [1.29, 1.82) is 0 Å². The molecule has 0 saturated carbocycles. The molecule has 0 N–H and O–H groups in total. The van der Waals surface area contributed by atoms with Gasteiger partial charge in [-0.2, -0.15) is 0 Å². The van der Waals surface area contributed by atoms with Crippen LogP contribution >= 0.6 is 11.3 Å². The van der Waals surface area contributed by atoms with Gasteiger partial charge in [-0.1, -0.05) is 29.5 Å². The monoisotopic (exact) mass is 580 g/mol. The van der Waals surface area contributed by atoms with Gasteiger partial charge in [0.2, 0.25) is 5.75 Å². The molecule has 0 aliphatic carbocycles. The third kappa shape index (κ3) is 6.04. The van der Waals surface area contributed by atoms with Crippen LogP contribution in [0.4, 0.5) is 0 Å². The maximum Gasteiger partial charge on any atom is 0.338 e. The molecule has 41 heavy (non-hydrogen) atoms. The fourth-order valence-corrected chi connectivity index (χ4v) is 5.58. The second kappa shape index (κ2) is 12.4. The Hall–Kier alpha value is -4.38. The topological polar surface area (TPSA) is 115 Å². The Morgan fingerprint density at radius 2 is 1.76 bits per heavy atom. The largest absolute Gasteiger partial charge is 0.493 e. The van der Waals surface area contributed by atoms with E-state index in [4.69, 9.17) is 23.7 Å². The molecule has 0 bridgehead atoms. The highest BCUT2D eigenvalue weighted by Gasteiger charge is 2.35. The van der Waals surface area contributed by atoms with Crippen LogP contribution in [0, 0.1) is 0 Å². The van der Waals surface area contributed by atoms with Crippen molar-refractivity contribution in [3.8, 4) is 23.0 Å². The molecule has 216 valence electrons. The van der Waals surface area contributed by atoms with Gasteiger partial charge in [-0.05, 0) is 57.5 Å². The normalized spacial score (nSPS) is 14.8. The van der Waals surface area contributed by atoms with Gasteiger partial charge in [-0.3, -0.25) is 14.2 Å². The molecule has 0 spiro atoms. The third-order valence-electron chi connectivity index (χ3n) is 6.12. The van der Waals surface area contributed by atoms with Crippen LogP contribution in [-0.2, 0) is 14.3 Å². The van der Waals surface area contributed by atoms with Crippen molar-refractivity contribution in [2.75, 3.05) is 20.8 Å². The number of esters is 2. The molecule has 1 aromatic heterocycles. The molecule has 4 rings (SSSR count). The van der Waals surface area contributed by atoms with Gasteiger partial charge in [0.1, 0.15) is 11.8 Å². The van der Waals surface area contributed by atoms with E-state index < -0.39 is 18.0 Å². The molecule has 1 aliphatic rings. The van der Waals surface area contributed by atoms with Gasteiger partial charge in [0.05, 0.1) is 42.7 Å². The summed E-state index contributed by atoms with van der Waals surface area (Å²) in [5.41, 5.74) is 1.57. The Morgan fingerprint density at radius 1 is 1.10 bits per heavy atom. The van der Waals surface area contributed by atoms with Crippen molar-refractivity contribution in [3.63, 3.8) is 0 Å². The van der Waals surface area contributed by atoms with Crippen LogP contribution in [0.15, 0.2) is 57.5 Å². The number of para-hydroxylation sites is 1. The number of hydrogen-bond acceptors (Lipinski definition) is 10. The first-order valence-corrected chi connectivity index (χ1v) is 13.8. The summed E-state index contributed by atoms with van der Waals surface area (Å²) in [5.74, 6) is 0.125. The molecular formula is C30H32N2O8S. The average molecular weight is 581 g/mol. The predicted octanol–water partition coefficient (Wildman–Crippen LogP) is 3.53. The maximum absolute atomic E-state index is 14.0. The van der Waals surface area contributed by atoms with E-state index in [1.165, 1.54) is 37.0 Å². The molecule has 1 aliphatic heterocycles. The summed E-state index contributed by atoms with van der Waals surface area (Å²) in [6, 6.07) is 9.77.